The van der Waals surface area contributed by atoms with Crippen LogP contribution in [0.15, 0.2) is 30.3 Å². The summed E-state index contributed by atoms with van der Waals surface area (Å²) in [7, 11) is 0. The van der Waals surface area contributed by atoms with Gasteiger partial charge in [-0.1, -0.05) is 13.8 Å². The van der Waals surface area contributed by atoms with E-state index in [1.165, 1.54) is 3.69 Å². The van der Waals surface area contributed by atoms with Crippen molar-refractivity contribution >= 4 is 25.4 Å². The first-order valence-corrected chi connectivity index (χ1v) is 5.09. The van der Waals surface area contributed by atoms with Crippen molar-refractivity contribution in [2.24, 2.45) is 0 Å². The third-order valence-electron chi connectivity index (χ3n) is 1.34. The van der Waals surface area contributed by atoms with Gasteiger partial charge in [-0.15, -0.1) is 0 Å². The van der Waals surface area contributed by atoms with Gasteiger partial charge < -0.3 is 5.32 Å². The minimum atomic E-state index is 1.09. The van der Waals surface area contributed by atoms with Gasteiger partial charge in [0.1, 0.15) is 0 Å². The number of hydrogen-bond acceptors (Lipinski definition) is 1. The third-order valence-corrected chi connectivity index (χ3v) is 1.81. The summed E-state index contributed by atoms with van der Waals surface area (Å²) in [6.07, 6.45) is 0. The van der Waals surface area contributed by atoms with Crippen LogP contribution in [-0.2, 0) is 0 Å². The van der Waals surface area contributed by atoms with Crippen LogP contribution in [0.25, 0.3) is 0 Å². The zero-order chi connectivity index (χ0) is 9.23. The molecule has 0 radical (unpaired) electrons. The minimum absolute atomic E-state index is 1.09. The van der Waals surface area contributed by atoms with Crippen LogP contribution in [0.5, 0.6) is 0 Å². The molecule has 0 heterocycles. The Morgan fingerprint density at radius 2 is 1.58 bits per heavy atom. The molecule has 0 saturated carbocycles. The molecule has 1 N–H and O–H groups in total. The van der Waals surface area contributed by atoms with E-state index in [1.54, 1.807) is 0 Å². The molecule has 2 heteroatoms. The van der Waals surface area contributed by atoms with Crippen LogP contribution in [0, 0.1) is 0 Å². The summed E-state index contributed by atoms with van der Waals surface area (Å²) in [5, 5.41) is 3.11. The molecule has 0 aliphatic rings. The SMILES string of the molecule is CCNCC.[Mg+][c]1ccccc1. The fraction of sp³-hybridized carbons (Fsp3) is 0.400. The van der Waals surface area contributed by atoms with E-state index in [2.05, 4.69) is 31.3 Å². The predicted octanol–water partition coefficient (Wildman–Crippen LogP) is 1.10. The topological polar surface area (TPSA) is 12.0 Å². The van der Waals surface area contributed by atoms with Crippen molar-refractivity contribution in [3.63, 3.8) is 0 Å². The van der Waals surface area contributed by atoms with E-state index in [0.29, 0.717) is 0 Å². The maximum absolute atomic E-state index is 3.11. The van der Waals surface area contributed by atoms with Crippen molar-refractivity contribution in [2.75, 3.05) is 13.1 Å². The Morgan fingerprint density at radius 1 is 1.08 bits per heavy atom. The first-order valence-electron chi connectivity index (χ1n) is 4.39. The summed E-state index contributed by atoms with van der Waals surface area (Å²) in [5.74, 6) is 0. The Kier molecular flexibility index (Phi) is 9.00. The summed E-state index contributed by atoms with van der Waals surface area (Å²) in [5.41, 5.74) is 0. The van der Waals surface area contributed by atoms with Gasteiger partial charge in [0.25, 0.3) is 0 Å². The molecule has 62 valence electrons. The second-order valence-electron chi connectivity index (χ2n) is 2.44. The molecule has 0 aliphatic heterocycles. The predicted molar refractivity (Wildman–Crippen MR) is 56.0 cm³/mol. The third kappa shape index (κ3) is 8.05. The van der Waals surface area contributed by atoms with Crippen LogP contribution in [0.3, 0.4) is 0 Å². The average Bonchev–Trinajstić information content (AvgIpc) is 2.08. The molecule has 1 rings (SSSR count). The van der Waals surface area contributed by atoms with Crippen LogP contribution >= 0.6 is 0 Å². The Hall–Kier alpha value is -0.0538. The molecule has 1 nitrogen and oxygen atoms in total. The zero-order valence-electron chi connectivity index (χ0n) is 8.01. The second-order valence-corrected chi connectivity index (χ2v) is 3.26. The van der Waals surface area contributed by atoms with E-state index in [1.807, 2.05) is 39.9 Å². The van der Waals surface area contributed by atoms with Crippen LogP contribution in [0.2, 0.25) is 0 Å². The summed E-state index contributed by atoms with van der Waals surface area (Å²) < 4.78 is 1.35. The Bertz CT molecular complexity index is 172. The fourth-order valence-electron chi connectivity index (χ4n) is 0.728. The fourth-order valence-corrected chi connectivity index (χ4v) is 1.00. The number of rotatable bonds is 2. The van der Waals surface area contributed by atoms with Gasteiger partial charge in [-0.2, -0.15) is 0 Å². The van der Waals surface area contributed by atoms with Crippen LogP contribution in [-0.4, -0.2) is 34.8 Å². The molecule has 0 atom stereocenters. The van der Waals surface area contributed by atoms with Gasteiger partial charge in [0.05, 0.1) is 0 Å². The average molecular weight is 175 g/mol. The van der Waals surface area contributed by atoms with Crippen LogP contribution < -0.4 is 9.01 Å². The van der Waals surface area contributed by atoms with Gasteiger partial charge in [-0.3, -0.25) is 0 Å². The first-order chi connectivity index (χ1) is 5.81. The van der Waals surface area contributed by atoms with Crippen molar-refractivity contribution in [1.29, 1.82) is 0 Å². The number of hydrogen-bond donors (Lipinski definition) is 1. The van der Waals surface area contributed by atoms with Gasteiger partial charge in [-0.25, -0.2) is 0 Å². The van der Waals surface area contributed by atoms with E-state index < -0.39 is 0 Å². The molecule has 0 aliphatic carbocycles. The first kappa shape index (κ1) is 11.9. The molecule has 1 aromatic rings. The van der Waals surface area contributed by atoms with Gasteiger partial charge in [0.15, 0.2) is 0 Å². The van der Waals surface area contributed by atoms with Crippen molar-refractivity contribution in [3.8, 4) is 0 Å². The van der Waals surface area contributed by atoms with Gasteiger partial charge in [-0.05, 0) is 13.1 Å². The van der Waals surface area contributed by atoms with Crippen molar-refractivity contribution in [3.05, 3.63) is 30.3 Å². The monoisotopic (exact) mass is 174 g/mol. The Morgan fingerprint density at radius 3 is 1.75 bits per heavy atom. The van der Waals surface area contributed by atoms with E-state index in [-0.39, 0.29) is 0 Å². The van der Waals surface area contributed by atoms with Crippen molar-refractivity contribution < 1.29 is 0 Å². The van der Waals surface area contributed by atoms with Crippen molar-refractivity contribution in [1.82, 2.24) is 5.32 Å². The Balaban J connectivity index is 0.000000217. The molecule has 12 heavy (non-hydrogen) atoms. The number of benzene rings is 1. The van der Waals surface area contributed by atoms with E-state index >= 15 is 0 Å². The molecule has 0 saturated heterocycles. The van der Waals surface area contributed by atoms with Crippen molar-refractivity contribution in [2.45, 2.75) is 13.8 Å². The van der Waals surface area contributed by atoms with Gasteiger partial charge >= 0.3 is 55.7 Å². The maximum atomic E-state index is 3.11. The quantitative estimate of drug-likeness (QED) is 0.662. The van der Waals surface area contributed by atoms with E-state index in [0.717, 1.165) is 13.1 Å². The molecule has 0 fully saturated rings. The number of nitrogens with one attached hydrogen (secondary N) is 1. The van der Waals surface area contributed by atoms with Crippen LogP contribution in [0.1, 0.15) is 13.8 Å². The second kappa shape index (κ2) is 9.04. The molecular formula is C10H16MgN+. The van der Waals surface area contributed by atoms with E-state index in [9.17, 15) is 0 Å². The molecule has 0 aromatic heterocycles. The van der Waals surface area contributed by atoms with Gasteiger partial charge in [0, 0.05) is 0 Å². The summed E-state index contributed by atoms with van der Waals surface area (Å²) in [6.45, 7) is 6.39. The Labute approximate surface area is 88.0 Å². The molecule has 0 spiro atoms. The summed E-state index contributed by atoms with van der Waals surface area (Å²) >= 11 is 1.90. The van der Waals surface area contributed by atoms with Crippen LogP contribution in [0.4, 0.5) is 0 Å². The molecular weight excluding hydrogens is 158 g/mol. The summed E-state index contributed by atoms with van der Waals surface area (Å²) in [4.78, 5) is 0. The standard InChI is InChI=1S/C6H5.C4H11N.Mg/c1-2-4-6-5-3-1;1-3-5-4-2;/h1-5H;5H,3-4H2,1-2H3;/q;;+1. The molecule has 0 unspecified atom stereocenters. The molecule has 1 aromatic carbocycles. The normalized spacial score (nSPS) is 8.67. The zero-order valence-corrected chi connectivity index (χ0v) is 9.42. The van der Waals surface area contributed by atoms with E-state index in [4.69, 9.17) is 0 Å². The van der Waals surface area contributed by atoms with Gasteiger partial charge in [0.2, 0.25) is 0 Å². The molecule has 0 amide bonds. The summed E-state index contributed by atoms with van der Waals surface area (Å²) in [6, 6.07) is 10.3. The molecule has 0 bridgehead atoms.